The standard InChI is InChI=1S/C14H6Cl2N2O/c15-7-2-4-12-9(5-7)13-14(19-12)18-10-3-1-8(16)6-11(10)17-13/h1-6H. The molecule has 2 aromatic carbocycles. The zero-order valence-corrected chi connectivity index (χ0v) is 11.0. The molecular formula is C14H6Cl2N2O. The number of aromatic nitrogens is 2. The lowest BCUT2D eigenvalue weighted by Gasteiger charge is -1.96. The van der Waals surface area contributed by atoms with Gasteiger partial charge in [0.25, 0.3) is 0 Å². The highest BCUT2D eigenvalue weighted by Crippen LogP contribution is 2.30. The topological polar surface area (TPSA) is 38.9 Å². The van der Waals surface area contributed by atoms with E-state index in [1.165, 1.54) is 0 Å². The second-order valence-corrected chi connectivity index (χ2v) is 5.13. The molecular weight excluding hydrogens is 283 g/mol. The Bertz CT molecular complexity index is 940. The van der Waals surface area contributed by atoms with Gasteiger partial charge < -0.3 is 4.42 Å². The molecule has 3 nitrogen and oxygen atoms in total. The Kier molecular flexibility index (Phi) is 2.22. The fourth-order valence-electron chi connectivity index (χ4n) is 2.14. The van der Waals surface area contributed by atoms with Crippen molar-refractivity contribution in [3.63, 3.8) is 0 Å². The minimum atomic E-state index is 0.507. The molecule has 2 aromatic heterocycles. The molecule has 0 atom stereocenters. The summed E-state index contributed by atoms with van der Waals surface area (Å²) in [5.41, 5.74) is 3.42. The third kappa shape index (κ3) is 1.66. The van der Waals surface area contributed by atoms with Crippen molar-refractivity contribution in [2.24, 2.45) is 0 Å². The summed E-state index contributed by atoms with van der Waals surface area (Å²) in [6, 6.07) is 10.8. The van der Waals surface area contributed by atoms with Gasteiger partial charge in [0.15, 0.2) is 0 Å². The first kappa shape index (κ1) is 11.0. The Labute approximate surface area is 117 Å². The second kappa shape index (κ2) is 3.83. The number of benzene rings is 2. The Morgan fingerprint density at radius 3 is 2.53 bits per heavy atom. The fourth-order valence-corrected chi connectivity index (χ4v) is 2.48. The first-order chi connectivity index (χ1) is 9.20. The van der Waals surface area contributed by atoms with Crippen LogP contribution in [0.3, 0.4) is 0 Å². The lowest BCUT2D eigenvalue weighted by molar-refractivity contribution is 0.655. The Balaban J connectivity index is 2.21. The largest absolute Gasteiger partial charge is 0.436 e. The van der Waals surface area contributed by atoms with E-state index in [1.807, 2.05) is 18.2 Å². The minimum absolute atomic E-state index is 0.507. The summed E-state index contributed by atoms with van der Waals surface area (Å²) < 4.78 is 5.68. The van der Waals surface area contributed by atoms with Crippen LogP contribution in [0.1, 0.15) is 0 Å². The third-order valence-corrected chi connectivity index (χ3v) is 3.47. The number of hydrogen-bond acceptors (Lipinski definition) is 3. The van der Waals surface area contributed by atoms with Crippen LogP contribution in [0.5, 0.6) is 0 Å². The molecule has 4 aromatic rings. The van der Waals surface area contributed by atoms with Crippen LogP contribution in [-0.2, 0) is 0 Å². The molecule has 0 amide bonds. The van der Waals surface area contributed by atoms with E-state index in [0.29, 0.717) is 21.3 Å². The van der Waals surface area contributed by atoms with Gasteiger partial charge in [0, 0.05) is 10.0 Å². The monoisotopic (exact) mass is 288 g/mol. The van der Waals surface area contributed by atoms with Gasteiger partial charge >= 0.3 is 0 Å². The van der Waals surface area contributed by atoms with Gasteiger partial charge in [-0.05, 0) is 36.4 Å². The highest BCUT2D eigenvalue weighted by Gasteiger charge is 2.11. The molecule has 19 heavy (non-hydrogen) atoms. The van der Waals surface area contributed by atoms with Crippen LogP contribution in [-0.4, -0.2) is 9.97 Å². The predicted molar refractivity (Wildman–Crippen MR) is 76.8 cm³/mol. The number of fused-ring (bicyclic) bond motifs is 4. The zero-order valence-electron chi connectivity index (χ0n) is 9.52. The van der Waals surface area contributed by atoms with Crippen LogP contribution >= 0.6 is 23.2 Å². The maximum absolute atomic E-state index is 6.01. The number of rotatable bonds is 0. The van der Waals surface area contributed by atoms with Crippen LogP contribution in [0.25, 0.3) is 33.2 Å². The summed E-state index contributed by atoms with van der Waals surface area (Å²) in [6.07, 6.45) is 0. The number of furan rings is 1. The minimum Gasteiger partial charge on any atom is -0.436 e. The number of nitrogens with zero attached hydrogens (tertiary/aromatic N) is 2. The van der Waals surface area contributed by atoms with E-state index in [1.54, 1.807) is 18.2 Å². The smallest absolute Gasteiger partial charge is 0.246 e. The van der Waals surface area contributed by atoms with Crippen LogP contribution < -0.4 is 0 Å². The zero-order chi connectivity index (χ0) is 13.0. The molecule has 0 radical (unpaired) electrons. The van der Waals surface area contributed by atoms with E-state index < -0.39 is 0 Å². The summed E-state index contributed by atoms with van der Waals surface area (Å²) in [6.45, 7) is 0. The molecule has 92 valence electrons. The lowest BCUT2D eigenvalue weighted by atomic mass is 10.2. The van der Waals surface area contributed by atoms with Gasteiger partial charge in [-0.2, -0.15) is 0 Å². The molecule has 2 heterocycles. The van der Waals surface area contributed by atoms with E-state index >= 15 is 0 Å². The molecule has 0 aliphatic rings. The van der Waals surface area contributed by atoms with Gasteiger partial charge in [0.05, 0.1) is 16.4 Å². The summed E-state index contributed by atoms with van der Waals surface area (Å²) in [5, 5.41) is 2.13. The molecule has 0 spiro atoms. The van der Waals surface area contributed by atoms with Crippen molar-refractivity contribution in [1.82, 2.24) is 9.97 Å². The molecule has 0 saturated carbocycles. The molecule has 0 fully saturated rings. The van der Waals surface area contributed by atoms with Crippen LogP contribution in [0.15, 0.2) is 40.8 Å². The molecule has 5 heteroatoms. The summed E-state index contributed by atoms with van der Waals surface area (Å²) in [7, 11) is 0. The van der Waals surface area contributed by atoms with E-state index in [2.05, 4.69) is 9.97 Å². The highest BCUT2D eigenvalue weighted by atomic mass is 35.5. The SMILES string of the molecule is Clc1ccc2nc3oc4ccc(Cl)cc4c3nc2c1. The van der Waals surface area contributed by atoms with Gasteiger partial charge in [-0.1, -0.05) is 23.2 Å². The second-order valence-electron chi connectivity index (χ2n) is 4.25. The highest BCUT2D eigenvalue weighted by molar-refractivity contribution is 6.32. The van der Waals surface area contributed by atoms with E-state index in [9.17, 15) is 0 Å². The maximum Gasteiger partial charge on any atom is 0.246 e. The van der Waals surface area contributed by atoms with Crippen molar-refractivity contribution in [3.8, 4) is 0 Å². The molecule has 0 bridgehead atoms. The Hall–Kier alpha value is -1.84. The lowest BCUT2D eigenvalue weighted by Crippen LogP contribution is -1.84. The molecule has 0 N–H and O–H groups in total. The van der Waals surface area contributed by atoms with Gasteiger partial charge in [-0.15, -0.1) is 0 Å². The number of halogens is 2. The molecule has 0 unspecified atom stereocenters. The third-order valence-electron chi connectivity index (χ3n) is 3.00. The van der Waals surface area contributed by atoms with Gasteiger partial charge in [-0.3, -0.25) is 0 Å². The average Bonchev–Trinajstić information content (AvgIpc) is 2.73. The normalized spacial score (nSPS) is 11.7. The van der Waals surface area contributed by atoms with Crippen molar-refractivity contribution in [3.05, 3.63) is 46.4 Å². The van der Waals surface area contributed by atoms with Gasteiger partial charge in [-0.25, -0.2) is 9.97 Å². The molecule has 0 saturated heterocycles. The average molecular weight is 289 g/mol. The van der Waals surface area contributed by atoms with E-state index in [4.69, 9.17) is 27.6 Å². The Morgan fingerprint density at radius 1 is 0.842 bits per heavy atom. The van der Waals surface area contributed by atoms with Crippen LogP contribution in [0.2, 0.25) is 10.0 Å². The molecule has 0 aliphatic heterocycles. The van der Waals surface area contributed by atoms with Crippen molar-refractivity contribution in [1.29, 1.82) is 0 Å². The predicted octanol–water partition coefficient (Wildman–Crippen LogP) is 4.84. The van der Waals surface area contributed by atoms with Gasteiger partial charge in [0.2, 0.25) is 5.71 Å². The summed E-state index contributed by atoms with van der Waals surface area (Å²) in [4.78, 5) is 9.02. The van der Waals surface area contributed by atoms with Crippen molar-refractivity contribution < 1.29 is 4.42 Å². The van der Waals surface area contributed by atoms with E-state index in [0.717, 1.165) is 22.0 Å². The van der Waals surface area contributed by atoms with Crippen molar-refractivity contribution in [2.45, 2.75) is 0 Å². The quantitative estimate of drug-likeness (QED) is 0.465. The fraction of sp³-hybridized carbons (Fsp3) is 0. The first-order valence-electron chi connectivity index (χ1n) is 5.66. The van der Waals surface area contributed by atoms with Crippen LogP contribution in [0, 0.1) is 0 Å². The molecule has 4 rings (SSSR count). The summed E-state index contributed by atoms with van der Waals surface area (Å²) in [5.74, 6) is 0. The summed E-state index contributed by atoms with van der Waals surface area (Å²) >= 11 is 12.0. The van der Waals surface area contributed by atoms with Gasteiger partial charge in [0.1, 0.15) is 11.1 Å². The first-order valence-corrected chi connectivity index (χ1v) is 6.41. The van der Waals surface area contributed by atoms with Crippen LogP contribution in [0.4, 0.5) is 0 Å². The number of hydrogen-bond donors (Lipinski definition) is 0. The van der Waals surface area contributed by atoms with Crippen molar-refractivity contribution >= 4 is 56.4 Å². The van der Waals surface area contributed by atoms with Crippen molar-refractivity contribution in [2.75, 3.05) is 0 Å². The van der Waals surface area contributed by atoms with E-state index in [-0.39, 0.29) is 0 Å². The molecule has 0 aliphatic carbocycles. The maximum atomic E-state index is 6.01. The Morgan fingerprint density at radius 2 is 1.63 bits per heavy atom.